The third-order valence-electron chi connectivity index (χ3n) is 4.79. The van der Waals surface area contributed by atoms with E-state index in [0.717, 1.165) is 27.9 Å². The number of hydrogen-bond donors (Lipinski definition) is 0. The largest absolute Gasteiger partial charge is 0.497 e. The molecule has 148 valence electrons. The van der Waals surface area contributed by atoms with Crippen LogP contribution in [-0.4, -0.2) is 16.7 Å². The summed E-state index contributed by atoms with van der Waals surface area (Å²) in [7, 11) is 1.62. The lowest BCUT2D eigenvalue weighted by molar-refractivity contribution is 0.415. The van der Waals surface area contributed by atoms with Crippen molar-refractivity contribution in [2.24, 2.45) is 0 Å². The van der Waals surface area contributed by atoms with E-state index in [1.165, 1.54) is 0 Å². The van der Waals surface area contributed by atoms with Crippen LogP contribution in [0.2, 0.25) is 10.0 Å². The van der Waals surface area contributed by atoms with Gasteiger partial charge in [-0.25, -0.2) is 4.98 Å². The van der Waals surface area contributed by atoms with Crippen molar-refractivity contribution in [3.05, 3.63) is 93.7 Å². The van der Waals surface area contributed by atoms with Crippen molar-refractivity contribution in [1.29, 1.82) is 5.26 Å². The van der Waals surface area contributed by atoms with E-state index in [1.54, 1.807) is 19.2 Å². The smallest absolute Gasteiger partial charge is 0.152 e. The van der Waals surface area contributed by atoms with Crippen LogP contribution in [0.1, 0.15) is 17.0 Å². The fourth-order valence-electron chi connectivity index (χ4n) is 3.28. The van der Waals surface area contributed by atoms with Gasteiger partial charge in [0.1, 0.15) is 11.8 Å². The molecule has 4 aromatic rings. The van der Waals surface area contributed by atoms with Gasteiger partial charge in [0, 0.05) is 10.0 Å². The zero-order valence-corrected chi connectivity index (χ0v) is 17.7. The molecule has 0 atom stereocenters. The molecular weight excluding hydrogens is 417 g/mol. The van der Waals surface area contributed by atoms with Crippen LogP contribution in [0.4, 0.5) is 0 Å². The minimum atomic E-state index is 0.460. The van der Waals surface area contributed by atoms with Gasteiger partial charge in [0.2, 0.25) is 0 Å². The molecule has 0 bridgehead atoms. The lowest BCUT2D eigenvalue weighted by Gasteiger charge is -2.11. The standard InChI is InChI=1S/C24H17Cl2N3O/c1-30-20-10-6-16(7-11-20)12-18(14-27)24-28-22-4-2-3-5-23(22)29(24)15-17-8-9-19(25)13-21(17)26/h2-13H,15H2,1H3/b18-12+. The third-order valence-corrected chi connectivity index (χ3v) is 5.37. The number of halogens is 2. The summed E-state index contributed by atoms with van der Waals surface area (Å²) in [4.78, 5) is 4.74. The molecule has 0 saturated heterocycles. The quantitative estimate of drug-likeness (QED) is 0.339. The van der Waals surface area contributed by atoms with Crippen LogP contribution in [-0.2, 0) is 6.54 Å². The lowest BCUT2D eigenvalue weighted by Crippen LogP contribution is -2.05. The Bertz CT molecular complexity index is 1280. The summed E-state index contributed by atoms with van der Waals surface area (Å²) < 4.78 is 7.21. The van der Waals surface area contributed by atoms with Crippen LogP contribution in [0.3, 0.4) is 0 Å². The van der Waals surface area contributed by atoms with E-state index in [-0.39, 0.29) is 0 Å². The Morgan fingerprint density at radius 3 is 2.57 bits per heavy atom. The minimum Gasteiger partial charge on any atom is -0.497 e. The van der Waals surface area contributed by atoms with E-state index in [1.807, 2.05) is 65.2 Å². The van der Waals surface area contributed by atoms with E-state index in [4.69, 9.17) is 32.9 Å². The number of aromatic nitrogens is 2. The van der Waals surface area contributed by atoms with Gasteiger partial charge in [-0.05, 0) is 53.6 Å². The molecule has 1 heterocycles. The Morgan fingerprint density at radius 2 is 1.87 bits per heavy atom. The number of allylic oxidation sites excluding steroid dienone is 1. The molecular formula is C24H17Cl2N3O. The Kier molecular flexibility index (Phi) is 5.76. The summed E-state index contributed by atoms with van der Waals surface area (Å²) in [6, 6.07) is 23.0. The van der Waals surface area contributed by atoms with Gasteiger partial charge in [-0.2, -0.15) is 5.26 Å². The van der Waals surface area contributed by atoms with Gasteiger partial charge >= 0.3 is 0 Å². The Labute approximate surface area is 184 Å². The van der Waals surface area contributed by atoms with Crippen molar-refractivity contribution in [3.63, 3.8) is 0 Å². The number of methoxy groups -OCH3 is 1. The zero-order chi connectivity index (χ0) is 21.1. The van der Waals surface area contributed by atoms with Gasteiger partial charge in [-0.1, -0.05) is 53.5 Å². The molecule has 0 N–H and O–H groups in total. The molecule has 0 aliphatic rings. The summed E-state index contributed by atoms with van der Waals surface area (Å²) in [6.07, 6.45) is 1.82. The molecule has 0 unspecified atom stereocenters. The van der Waals surface area contributed by atoms with E-state index in [2.05, 4.69) is 6.07 Å². The molecule has 0 aliphatic heterocycles. The lowest BCUT2D eigenvalue weighted by atomic mass is 10.1. The summed E-state index contributed by atoms with van der Waals surface area (Å²) in [5, 5.41) is 11.1. The number of para-hydroxylation sites is 2. The maximum Gasteiger partial charge on any atom is 0.152 e. The summed E-state index contributed by atoms with van der Waals surface area (Å²) in [6.45, 7) is 0.466. The van der Waals surface area contributed by atoms with Gasteiger partial charge in [-0.3, -0.25) is 0 Å². The highest BCUT2D eigenvalue weighted by molar-refractivity contribution is 6.35. The molecule has 30 heavy (non-hydrogen) atoms. The zero-order valence-electron chi connectivity index (χ0n) is 16.1. The predicted octanol–water partition coefficient (Wildman–Crippen LogP) is 6.46. The van der Waals surface area contributed by atoms with Gasteiger partial charge in [0.05, 0.1) is 30.3 Å². The van der Waals surface area contributed by atoms with Crippen molar-refractivity contribution in [2.45, 2.75) is 6.54 Å². The molecule has 1 aromatic heterocycles. The molecule has 4 rings (SSSR count). The van der Waals surface area contributed by atoms with Gasteiger partial charge in [-0.15, -0.1) is 0 Å². The van der Waals surface area contributed by atoms with E-state index < -0.39 is 0 Å². The number of nitriles is 1. The molecule has 0 saturated carbocycles. The van der Waals surface area contributed by atoms with Crippen molar-refractivity contribution in [1.82, 2.24) is 9.55 Å². The molecule has 3 aromatic carbocycles. The summed E-state index contributed by atoms with van der Waals surface area (Å²) in [5.74, 6) is 1.34. The number of hydrogen-bond acceptors (Lipinski definition) is 3. The van der Waals surface area contributed by atoms with Crippen LogP contribution >= 0.6 is 23.2 Å². The number of ether oxygens (including phenoxy) is 1. The predicted molar refractivity (Wildman–Crippen MR) is 122 cm³/mol. The van der Waals surface area contributed by atoms with E-state index >= 15 is 0 Å². The molecule has 6 heteroatoms. The highest BCUT2D eigenvalue weighted by atomic mass is 35.5. The van der Waals surface area contributed by atoms with Crippen LogP contribution in [0.15, 0.2) is 66.7 Å². The molecule has 0 radical (unpaired) electrons. The SMILES string of the molecule is COc1ccc(/C=C(\C#N)c2nc3ccccc3n2Cc2ccc(Cl)cc2Cl)cc1. The van der Waals surface area contributed by atoms with Gasteiger partial charge < -0.3 is 9.30 Å². The van der Waals surface area contributed by atoms with Crippen molar-refractivity contribution in [3.8, 4) is 11.8 Å². The van der Waals surface area contributed by atoms with Crippen LogP contribution in [0, 0.1) is 11.3 Å². The molecule has 0 fully saturated rings. The average molecular weight is 434 g/mol. The Hall–Kier alpha value is -3.26. The van der Waals surface area contributed by atoms with Crippen molar-refractivity contribution >= 4 is 45.9 Å². The second-order valence-corrected chi connectivity index (χ2v) is 7.53. The Balaban J connectivity index is 1.83. The average Bonchev–Trinajstić information content (AvgIpc) is 3.12. The van der Waals surface area contributed by atoms with Crippen LogP contribution in [0.5, 0.6) is 5.75 Å². The third kappa shape index (κ3) is 4.04. The normalized spacial score (nSPS) is 11.5. The van der Waals surface area contributed by atoms with Gasteiger partial charge in [0.15, 0.2) is 5.82 Å². The first kappa shape index (κ1) is 20.0. The second kappa shape index (κ2) is 8.62. The summed E-state index contributed by atoms with van der Waals surface area (Å²) >= 11 is 12.5. The van der Waals surface area contributed by atoms with Gasteiger partial charge in [0.25, 0.3) is 0 Å². The monoisotopic (exact) mass is 433 g/mol. The fraction of sp³-hybridized carbons (Fsp3) is 0.0833. The van der Waals surface area contributed by atoms with Crippen LogP contribution < -0.4 is 4.74 Å². The molecule has 4 nitrogen and oxygen atoms in total. The molecule has 0 spiro atoms. The fourth-order valence-corrected chi connectivity index (χ4v) is 3.74. The first-order chi connectivity index (χ1) is 14.6. The first-order valence-electron chi connectivity index (χ1n) is 9.24. The number of imidazole rings is 1. The molecule has 0 aliphatic carbocycles. The van der Waals surface area contributed by atoms with Crippen molar-refractivity contribution in [2.75, 3.05) is 7.11 Å². The maximum atomic E-state index is 9.91. The number of fused-ring (bicyclic) bond motifs is 1. The number of rotatable bonds is 5. The second-order valence-electron chi connectivity index (χ2n) is 6.69. The van der Waals surface area contributed by atoms with Crippen LogP contribution in [0.25, 0.3) is 22.7 Å². The van der Waals surface area contributed by atoms with E-state index in [0.29, 0.717) is 28.0 Å². The first-order valence-corrected chi connectivity index (χ1v) is 10.00. The molecule has 0 amide bonds. The maximum absolute atomic E-state index is 9.91. The highest BCUT2D eigenvalue weighted by Gasteiger charge is 2.16. The highest BCUT2D eigenvalue weighted by Crippen LogP contribution is 2.28. The Morgan fingerprint density at radius 1 is 1.10 bits per heavy atom. The number of nitrogens with zero attached hydrogens (tertiary/aromatic N) is 3. The minimum absolute atomic E-state index is 0.460. The topological polar surface area (TPSA) is 50.8 Å². The number of benzene rings is 3. The van der Waals surface area contributed by atoms with Crippen molar-refractivity contribution < 1.29 is 4.74 Å². The van der Waals surface area contributed by atoms with E-state index in [9.17, 15) is 5.26 Å². The summed E-state index contributed by atoms with van der Waals surface area (Å²) in [5.41, 5.74) is 3.98.